The van der Waals surface area contributed by atoms with E-state index in [1.54, 1.807) is 6.07 Å². The topological polar surface area (TPSA) is 48.1 Å². The Morgan fingerprint density at radius 1 is 1.47 bits per heavy atom. The maximum absolute atomic E-state index is 11.0. The van der Waals surface area contributed by atoms with E-state index < -0.39 is 0 Å². The lowest BCUT2D eigenvalue weighted by molar-refractivity contribution is 0.348. The summed E-state index contributed by atoms with van der Waals surface area (Å²) in [6, 6.07) is 5.61. The standard InChI is InChI=1S/C11H19N3O/c1-9(8-14(2)3)12-7-10-5-4-6-11(15)13-10/h4-6,9,12H,7-8H2,1-3H3,(H,13,15). The second-order valence-electron chi connectivity index (χ2n) is 4.08. The fraction of sp³-hybridized carbons (Fsp3) is 0.545. The van der Waals surface area contributed by atoms with Crippen molar-refractivity contribution in [3.05, 3.63) is 34.2 Å². The Labute approximate surface area is 90.3 Å². The number of aromatic nitrogens is 1. The van der Waals surface area contributed by atoms with Gasteiger partial charge in [0.2, 0.25) is 5.56 Å². The fourth-order valence-electron chi connectivity index (χ4n) is 1.49. The number of hydrogen-bond donors (Lipinski definition) is 2. The van der Waals surface area contributed by atoms with Crippen LogP contribution in [0, 0.1) is 0 Å². The molecule has 84 valence electrons. The van der Waals surface area contributed by atoms with E-state index in [2.05, 4.69) is 22.1 Å². The minimum atomic E-state index is -0.0467. The molecule has 0 radical (unpaired) electrons. The SMILES string of the molecule is CC(CN(C)C)NCc1cccc(=O)[nH]1. The van der Waals surface area contributed by atoms with Crippen LogP contribution in [0.5, 0.6) is 0 Å². The predicted molar refractivity (Wildman–Crippen MR) is 61.9 cm³/mol. The van der Waals surface area contributed by atoms with Crippen molar-refractivity contribution in [1.29, 1.82) is 0 Å². The molecule has 1 rings (SSSR count). The van der Waals surface area contributed by atoms with E-state index in [1.807, 2.05) is 20.2 Å². The molecule has 1 aromatic heterocycles. The predicted octanol–water partition coefficient (Wildman–Crippen LogP) is 0.415. The molecule has 2 N–H and O–H groups in total. The fourth-order valence-corrected chi connectivity index (χ4v) is 1.49. The van der Waals surface area contributed by atoms with Gasteiger partial charge in [0.15, 0.2) is 0 Å². The summed E-state index contributed by atoms with van der Waals surface area (Å²) < 4.78 is 0. The Bertz CT molecular complexity index is 346. The largest absolute Gasteiger partial charge is 0.325 e. The summed E-state index contributed by atoms with van der Waals surface area (Å²) >= 11 is 0. The van der Waals surface area contributed by atoms with E-state index in [9.17, 15) is 4.79 Å². The average molecular weight is 209 g/mol. The molecule has 0 amide bonds. The molecule has 1 unspecified atom stereocenters. The number of rotatable bonds is 5. The van der Waals surface area contributed by atoms with Crippen LogP contribution in [0.15, 0.2) is 23.0 Å². The average Bonchev–Trinajstić information content (AvgIpc) is 2.14. The number of nitrogens with zero attached hydrogens (tertiary/aromatic N) is 1. The number of aromatic amines is 1. The van der Waals surface area contributed by atoms with Gasteiger partial charge >= 0.3 is 0 Å². The van der Waals surface area contributed by atoms with Crippen LogP contribution in [0.3, 0.4) is 0 Å². The summed E-state index contributed by atoms with van der Waals surface area (Å²) in [5.41, 5.74) is 0.877. The number of hydrogen-bond acceptors (Lipinski definition) is 3. The van der Waals surface area contributed by atoms with Gasteiger partial charge < -0.3 is 15.2 Å². The highest BCUT2D eigenvalue weighted by atomic mass is 16.1. The normalized spacial score (nSPS) is 13.1. The van der Waals surface area contributed by atoms with Gasteiger partial charge in [-0.1, -0.05) is 6.07 Å². The molecule has 0 aliphatic carbocycles. The molecule has 15 heavy (non-hydrogen) atoms. The minimum Gasteiger partial charge on any atom is -0.325 e. The molecule has 0 saturated heterocycles. The second kappa shape index (κ2) is 5.68. The molecule has 4 nitrogen and oxygen atoms in total. The summed E-state index contributed by atoms with van der Waals surface area (Å²) in [5.74, 6) is 0. The quantitative estimate of drug-likeness (QED) is 0.738. The van der Waals surface area contributed by atoms with Crippen LogP contribution in [0.4, 0.5) is 0 Å². The van der Waals surface area contributed by atoms with E-state index in [1.165, 1.54) is 6.07 Å². The van der Waals surface area contributed by atoms with Crippen molar-refractivity contribution in [2.24, 2.45) is 0 Å². The third kappa shape index (κ3) is 4.76. The zero-order valence-corrected chi connectivity index (χ0v) is 9.58. The number of H-pyrrole nitrogens is 1. The third-order valence-corrected chi connectivity index (χ3v) is 2.11. The van der Waals surface area contributed by atoms with Crippen LogP contribution < -0.4 is 10.9 Å². The Hall–Kier alpha value is -1.13. The molecule has 0 bridgehead atoms. The van der Waals surface area contributed by atoms with Gasteiger partial charge in [-0.15, -0.1) is 0 Å². The zero-order valence-electron chi connectivity index (χ0n) is 9.58. The smallest absolute Gasteiger partial charge is 0.248 e. The molecule has 0 aromatic carbocycles. The van der Waals surface area contributed by atoms with Crippen molar-refractivity contribution < 1.29 is 0 Å². The molecule has 0 fully saturated rings. The molecule has 0 aliphatic rings. The Morgan fingerprint density at radius 2 is 2.20 bits per heavy atom. The van der Waals surface area contributed by atoms with Gasteiger partial charge in [0.25, 0.3) is 0 Å². The lowest BCUT2D eigenvalue weighted by atomic mass is 10.3. The first-order valence-electron chi connectivity index (χ1n) is 5.14. The molecule has 4 heteroatoms. The van der Waals surface area contributed by atoms with Crippen LogP contribution >= 0.6 is 0 Å². The Morgan fingerprint density at radius 3 is 2.80 bits per heavy atom. The highest BCUT2D eigenvalue weighted by Gasteiger charge is 2.02. The number of nitrogens with one attached hydrogen (secondary N) is 2. The summed E-state index contributed by atoms with van der Waals surface area (Å²) in [6.07, 6.45) is 0. The van der Waals surface area contributed by atoms with Crippen LogP contribution in [-0.2, 0) is 6.54 Å². The van der Waals surface area contributed by atoms with Gasteiger partial charge in [0.05, 0.1) is 0 Å². The maximum Gasteiger partial charge on any atom is 0.248 e. The summed E-state index contributed by atoms with van der Waals surface area (Å²) in [6.45, 7) is 3.81. The first-order chi connectivity index (χ1) is 7.08. The van der Waals surface area contributed by atoms with Gasteiger partial charge in [-0.3, -0.25) is 4.79 Å². The molecule has 0 saturated carbocycles. The van der Waals surface area contributed by atoms with Crippen LogP contribution in [-0.4, -0.2) is 36.6 Å². The van der Waals surface area contributed by atoms with Crippen LogP contribution in [0.1, 0.15) is 12.6 Å². The van der Waals surface area contributed by atoms with Crippen molar-refractivity contribution in [3.8, 4) is 0 Å². The summed E-state index contributed by atoms with van der Waals surface area (Å²) in [7, 11) is 4.09. The molecular formula is C11H19N3O. The molecule has 1 aromatic rings. The summed E-state index contributed by atoms with van der Waals surface area (Å²) in [5, 5.41) is 3.35. The van der Waals surface area contributed by atoms with Crippen molar-refractivity contribution >= 4 is 0 Å². The molecule has 1 heterocycles. The molecule has 1 atom stereocenters. The maximum atomic E-state index is 11.0. The molecule has 0 spiro atoms. The lowest BCUT2D eigenvalue weighted by Crippen LogP contribution is -2.35. The van der Waals surface area contributed by atoms with Gasteiger partial charge in [-0.2, -0.15) is 0 Å². The van der Waals surface area contributed by atoms with Crippen LogP contribution in [0.2, 0.25) is 0 Å². The van der Waals surface area contributed by atoms with E-state index in [4.69, 9.17) is 0 Å². The number of pyridine rings is 1. The van der Waals surface area contributed by atoms with E-state index >= 15 is 0 Å². The lowest BCUT2D eigenvalue weighted by Gasteiger charge is -2.18. The highest BCUT2D eigenvalue weighted by molar-refractivity contribution is 5.03. The van der Waals surface area contributed by atoms with Crippen molar-refractivity contribution in [2.75, 3.05) is 20.6 Å². The molecule has 0 aliphatic heterocycles. The third-order valence-electron chi connectivity index (χ3n) is 2.11. The Kier molecular flexibility index (Phi) is 4.52. The van der Waals surface area contributed by atoms with E-state index in [0.29, 0.717) is 12.6 Å². The van der Waals surface area contributed by atoms with Gasteiger partial charge in [-0.05, 0) is 27.1 Å². The van der Waals surface area contributed by atoms with Crippen molar-refractivity contribution in [1.82, 2.24) is 15.2 Å². The van der Waals surface area contributed by atoms with Crippen LogP contribution in [0.25, 0.3) is 0 Å². The highest BCUT2D eigenvalue weighted by Crippen LogP contribution is 1.92. The van der Waals surface area contributed by atoms with Gasteiger partial charge in [0, 0.05) is 30.9 Å². The van der Waals surface area contributed by atoms with E-state index in [0.717, 1.165) is 12.2 Å². The van der Waals surface area contributed by atoms with Crippen molar-refractivity contribution in [3.63, 3.8) is 0 Å². The van der Waals surface area contributed by atoms with Gasteiger partial charge in [-0.25, -0.2) is 0 Å². The first kappa shape index (κ1) is 11.9. The minimum absolute atomic E-state index is 0.0467. The second-order valence-corrected chi connectivity index (χ2v) is 4.08. The van der Waals surface area contributed by atoms with E-state index in [-0.39, 0.29) is 5.56 Å². The molecular weight excluding hydrogens is 190 g/mol. The Balaban J connectivity index is 2.40. The first-order valence-corrected chi connectivity index (χ1v) is 5.14. The van der Waals surface area contributed by atoms with Crippen molar-refractivity contribution in [2.45, 2.75) is 19.5 Å². The number of likely N-dealkylation sites (N-methyl/N-ethyl adjacent to an activating group) is 1. The zero-order chi connectivity index (χ0) is 11.3. The monoisotopic (exact) mass is 209 g/mol. The van der Waals surface area contributed by atoms with Gasteiger partial charge in [0.1, 0.15) is 0 Å². The summed E-state index contributed by atoms with van der Waals surface area (Å²) in [4.78, 5) is 15.9.